The maximum atomic E-state index is 13.0. The Kier molecular flexibility index (Phi) is 7.12. The number of rotatable bonds is 9. The lowest BCUT2D eigenvalue weighted by Crippen LogP contribution is -2.47. The summed E-state index contributed by atoms with van der Waals surface area (Å²) >= 11 is 2.97. The van der Waals surface area contributed by atoms with Crippen LogP contribution in [0.1, 0.15) is 91.8 Å². The number of esters is 1. The van der Waals surface area contributed by atoms with Crippen LogP contribution in [-0.2, 0) is 35.3 Å². The summed E-state index contributed by atoms with van der Waals surface area (Å²) < 4.78 is 7.54. The van der Waals surface area contributed by atoms with E-state index in [2.05, 4.69) is 27.0 Å². The van der Waals surface area contributed by atoms with E-state index in [9.17, 15) is 9.59 Å². The van der Waals surface area contributed by atoms with Gasteiger partial charge in [-0.1, -0.05) is 11.8 Å². The molecule has 4 fully saturated rings. The highest BCUT2D eigenvalue weighted by atomic mass is 32.2. The average molecular weight is 543 g/mol. The Morgan fingerprint density at radius 2 is 1.78 bits per heavy atom. The van der Waals surface area contributed by atoms with Gasteiger partial charge < -0.3 is 14.6 Å². The van der Waals surface area contributed by atoms with Gasteiger partial charge in [-0.05, 0) is 107 Å². The molecule has 4 saturated carbocycles. The number of nitrogens with one attached hydrogen (secondary N) is 1. The number of nitrogens with zero attached hydrogens (tertiary/aromatic N) is 3. The first-order valence-corrected chi connectivity index (χ1v) is 15.9. The Morgan fingerprint density at radius 1 is 1.08 bits per heavy atom. The first-order chi connectivity index (χ1) is 18.0. The fraction of sp³-hybridized carbons (Fsp3) is 0.714. The highest BCUT2D eigenvalue weighted by Gasteiger charge is 2.51. The smallest absolute Gasteiger partial charge is 0.341 e. The second-order valence-electron chi connectivity index (χ2n) is 11.7. The summed E-state index contributed by atoms with van der Waals surface area (Å²) in [6.07, 6.45) is 13.4. The summed E-state index contributed by atoms with van der Waals surface area (Å²) in [4.78, 5) is 26.9. The third-order valence-corrected chi connectivity index (χ3v) is 11.2. The maximum Gasteiger partial charge on any atom is 0.341 e. The van der Waals surface area contributed by atoms with Gasteiger partial charge in [-0.25, -0.2) is 4.79 Å². The van der Waals surface area contributed by atoms with E-state index in [1.54, 1.807) is 0 Å². The van der Waals surface area contributed by atoms with Gasteiger partial charge in [0.05, 0.1) is 17.9 Å². The lowest BCUT2D eigenvalue weighted by molar-refractivity contribution is -0.113. The SMILES string of the molecule is CCOC(=O)c1c(NC(=O)CSc2nnc(CC34CC5CC(CC(C5)C3)C4)n2CC)sc2c1CCCC2. The van der Waals surface area contributed by atoms with Crippen LogP contribution in [-0.4, -0.2) is 39.0 Å². The quantitative estimate of drug-likeness (QED) is 0.313. The van der Waals surface area contributed by atoms with Crippen molar-refractivity contribution >= 4 is 40.0 Å². The number of thiophene rings is 1. The van der Waals surface area contributed by atoms with Gasteiger partial charge in [0.15, 0.2) is 5.16 Å². The Hall–Kier alpha value is -1.87. The molecule has 7 nitrogen and oxygen atoms in total. The number of fused-ring (bicyclic) bond motifs is 1. The average Bonchev–Trinajstić information content (AvgIpc) is 3.41. The Morgan fingerprint density at radius 3 is 2.46 bits per heavy atom. The summed E-state index contributed by atoms with van der Waals surface area (Å²) in [6.45, 7) is 5.08. The minimum atomic E-state index is -0.329. The number of thioether (sulfide) groups is 1. The van der Waals surface area contributed by atoms with Gasteiger partial charge in [0.25, 0.3) is 0 Å². The predicted octanol–water partition coefficient (Wildman–Crippen LogP) is 5.90. The van der Waals surface area contributed by atoms with Crippen LogP contribution in [0.3, 0.4) is 0 Å². The van der Waals surface area contributed by atoms with E-state index in [1.165, 1.54) is 66.5 Å². The molecule has 0 spiro atoms. The summed E-state index contributed by atoms with van der Waals surface area (Å²) in [5.41, 5.74) is 2.04. The molecular formula is C28H38N4O3S2. The molecule has 0 unspecified atom stereocenters. The van der Waals surface area contributed by atoms with Crippen LogP contribution in [0.25, 0.3) is 0 Å². The molecule has 9 heteroatoms. The molecule has 37 heavy (non-hydrogen) atoms. The lowest BCUT2D eigenvalue weighted by atomic mass is 9.49. The number of aryl methyl sites for hydroxylation is 1. The van der Waals surface area contributed by atoms with Crippen molar-refractivity contribution in [2.75, 3.05) is 17.7 Å². The molecule has 1 N–H and O–H groups in total. The van der Waals surface area contributed by atoms with Gasteiger partial charge in [-0.2, -0.15) is 0 Å². The molecule has 0 aromatic carbocycles. The maximum absolute atomic E-state index is 13.0. The van der Waals surface area contributed by atoms with Crippen molar-refractivity contribution in [3.8, 4) is 0 Å². The van der Waals surface area contributed by atoms with Crippen LogP contribution >= 0.6 is 23.1 Å². The number of carbonyl (C=O) groups is 2. The molecule has 7 rings (SSSR count). The van der Waals surface area contributed by atoms with Crippen molar-refractivity contribution in [3.63, 3.8) is 0 Å². The van der Waals surface area contributed by atoms with Crippen molar-refractivity contribution < 1.29 is 14.3 Å². The molecule has 1 amide bonds. The minimum Gasteiger partial charge on any atom is -0.462 e. The monoisotopic (exact) mass is 542 g/mol. The molecule has 2 heterocycles. The first kappa shape index (κ1) is 25.4. The summed E-state index contributed by atoms with van der Waals surface area (Å²) in [7, 11) is 0. The molecule has 200 valence electrons. The van der Waals surface area contributed by atoms with E-state index >= 15 is 0 Å². The van der Waals surface area contributed by atoms with Crippen molar-refractivity contribution in [1.29, 1.82) is 0 Å². The minimum absolute atomic E-state index is 0.123. The number of anilines is 1. The third-order valence-electron chi connectivity index (χ3n) is 9.04. The summed E-state index contributed by atoms with van der Waals surface area (Å²) in [5.74, 6) is 3.63. The van der Waals surface area contributed by atoms with Crippen molar-refractivity contribution in [2.24, 2.45) is 23.2 Å². The zero-order valence-corrected chi connectivity index (χ0v) is 23.6. The van der Waals surface area contributed by atoms with Gasteiger partial charge in [-0.15, -0.1) is 21.5 Å². The number of carbonyl (C=O) groups excluding carboxylic acids is 2. The standard InChI is InChI=1S/C28H38N4O3S2/c1-3-32-22(15-28-12-17-9-18(13-28)11-19(10-17)14-28)30-31-27(32)36-16-23(33)29-25-24(26(34)35-4-2)20-7-5-6-8-21(20)37-25/h17-19H,3-16H2,1-2H3,(H,29,33). The number of ether oxygens (including phenoxy) is 1. The molecule has 0 atom stereocenters. The van der Waals surface area contributed by atoms with E-state index in [0.29, 0.717) is 22.6 Å². The third kappa shape index (κ3) is 4.98. The van der Waals surface area contributed by atoms with Gasteiger partial charge in [-0.3, -0.25) is 4.79 Å². The highest BCUT2D eigenvalue weighted by Crippen LogP contribution is 2.61. The second kappa shape index (κ2) is 10.4. The van der Waals surface area contributed by atoms with E-state index < -0.39 is 0 Å². The van der Waals surface area contributed by atoms with Crippen LogP contribution < -0.4 is 5.32 Å². The van der Waals surface area contributed by atoms with Crippen molar-refractivity contribution in [1.82, 2.24) is 14.8 Å². The Labute approximate surface area is 227 Å². The molecule has 0 saturated heterocycles. The Balaban J connectivity index is 1.13. The molecule has 2 aromatic heterocycles. The van der Waals surface area contributed by atoms with E-state index in [1.807, 2.05) is 6.92 Å². The zero-order chi connectivity index (χ0) is 25.6. The second-order valence-corrected chi connectivity index (χ2v) is 13.8. The van der Waals surface area contributed by atoms with Crippen LogP contribution in [0.15, 0.2) is 5.16 Å². The van der Waals surface area contributed by atoms with Crippen LogP contribution in [0.4, 0.5) is 5.00 Å². The molecule has 2 aromatic rings. The predicted molar refractivity (Wildman–Crippen MR) is 146 cm³/mol. The molecule has 5 aliphatic carbocycles. The van der Waals surface area contributed by atoms with E-state index in [4.69, 9.17) is 4.74 Å². The largest absolute Gasteiger partial charge is 0.462 e. The van der Waals surface area contributed by atoms with E-state index in [0.717, 1.165) is 72.9 Å². The van der Waals surface area contributed by atoms with Gasteiger partial charge >= 0.3 is 5.97 Å². The topological polar surface area (TPSA) is 86.1 Å². The fourth-order valence-corrected chi connectivity index (χ4v) is 10.2. The molecule has 5 aliphatic rings. The lowest BCUT2D eigenvalue weighted by Gasteiger charge is -2.56. The van der Waals surface area contributed by atoms with E-state index in [-0.39, 0.29) is 17.6 Å². The van der Waals surface area contributed by atoms with Crippen LogP contribution in [0, 0.1) is 23.2 Å². The molecular weight excluding hydrogens is 504 g/mol. The molecule has 0 radical (unpaired) electrons. The molecule has 0 aliphatic heterocycles. The van der Waals surface area contributed by atoms with Gasteiger partial charge in [0, 0.05) is 17.8 Å². The van der Waals surface area contributed by atoms with Crippen molar-refractivity contribution in [2.45, 2.75) is 96.2 Å². The molecule has 4 bridgehead atoms. The normalized spacial score (nSPS) is 27.8. The highest BCUT2D eigenvalue weighted by molar-refractivity contribution is 7.99. The number of hydrogen-bond donors (Lipinski definition) is 1. The number of aromatic nitrogens is 3. The summed E-state index contributed by atoms with van der Waals surface area (Å²) in [6, 6.07) is 0. The first-order valence-electron chi connectivity index (χ1n) is 14.1. The number of hydrogen-bond acceptors (Lipinski definition) is 7. The zero-order valence-electron chi connectivity index (χ0n) is 22.0. The van der Waals surface area contributed by atoms with Crippen molar-refractivity contribution in [3.05, 3.63) is 21.8 Å². The Bertz CT molecular complexity index is 1150. The van der Waals surface area contributed by atoms with Gasteiger partial charge in [0.1, 0.15) is 10.8 Å². The summed E-state index contributed by atoms with van der Waals surface area (Å²) in [5, 5.41) is 13.6. The van der Waals surface area contributed by atoms with Crippen LogP contribution in [0.2, 0.25) is 0 Å². The van der Waals surface area contributed by atoms with Gasteiger partial charge in [0.2, 0.25) is 5.91 Å². The number of amides is 1. The fourth-order valence-electron chi connectivity index (χ4n) is 8.08. The van der Waals surface area contributed by atoms with Crippen LogP contribution in [0.5, 0.6) is 0 Å².